The standard InChI is InChI=1S/C14H23N3/c1-2-15-9-12-10-16-17(13-5-3-4-6-13)14(12)11-7-8-11/h10-11,13,15H,2-9H2,1H3. The Balaban J connectivity index is 1.84. The Morgan fingerprint density at radius 2 is 2.06 bits per heavy atom. The molecule has 2 aliphatic carbocycles. The molecule has 0 radical (unpaired) electrons. The Morgan fingerprint density at radius 3 is 2.71 bits per heavy atom. The van der Waals surface area contributed by atoms with Gasteiger partial charge in [-0.25, -0.2) is 0 Å². The third kappa shape index (κ3) is 2.25. The molecule has 0 bridgehead atoms. The van der Waals surface area contributed by atoms with Gasteiger partial charge in [-0.05, 0) is 32.2 Å². The van der Waals surface area contributed by atoms with E-state index in [-0.39, 0.29) is 0 Å². The lowest BCUT2D eigenvalue weighted by Gasteiger charge is -2.15. The maximum absolute atomic E-state index is 4.69. The van der Waals surface area contributed by atoms with E-state index in [1.165, 1.54) is 44.1 Å². The van der Waals surface area contributed by atoms with Crippen LogP contribution < -0.4 is 5.32 Å². The minimum absolute atomic E-state index is 0.695. The number of hydrogen-bond donors (Lipinski definition) is 1. The third-order valence-electron chi connectivity index (χ3n) is 4.11. The Hall–Kier alpha value is -0.830. The molecule has 3 nitrogen and oxygen atoms in total. The Kier molecular flexibility index (Phi) is 3.19. The van der Waals surface area contributed by atoms with Gasteiger partial charge in [-0.2, -0.15) is 5.10 Å². The van der Waals surface area contributed by atoms with Crippen molar-refractivity contribution in [3.63, 3.8) is 0 Å². The highest BCUT2D eigenvalue weighted by Crippen LogP contribution is 2.44. The van der Waals surface area contributed by atoms with Crippen molar-refractivity contribution in [2.45, 2.75) is 64.0 Å². The molecular formula is C14H23N3. The third-order valence-corrected chi connectivity index (χ3v) is 4.11. The van der Waals surface area contributed by atoms with Crippen molar-refractivity contribution < 1.29 is 0 Å². The van der Waals surface area contributed by atoms with Gasteiger partial charge in [-0.3, -0.25) is 4.68 Å². The summed E-state index contributed by atoms with van der Waals surface area (Å²) in [5, 5.41) is 8.13. The van der Waals surface area contributed by atoms with Gasteiger partial charge in [0.2, 0.25) is 0 Å². The minimum atomic E-state index is 0.695. The van der Waals surface area contributed by atoms with Crippen LogP contribution in [0.1, 0.15) is 68.7 Å². The van der Waals surface area contributed by atoms with Crippen LogP contribution in [0.15, 0.2) is 6.20 Å². The molecule has 0 aromatic carbocycles. The second kappa shape index (κ2) is 4.81. The van der Waals surface area contributed by atoms with Crippen LogP contribution in [0.2, 0.25) is 0 Å². The SMILES string of the molecule is CCNCc1cnn(C2CCCC2)c1C1CC1. The zero-order chi connectivity index (χ0) is 11.7. The van der Waals surface area contributed by atoms with E-state index in [4.69, 9.17) is 0 Å². The van der Waals surface area contributed by atoms with Gasteiger partial charge in [0.1, 0.15) is 0 Å². The molecule has 3 heteroatoms. The van der Waals surface area contributed by atoms with E-state index in [0.29, 0.717) is 6.04 Å². The predicted molar refractivity (Wildman–Crippen MR) is 69.1 cm³/mol. The fraction of sp³-hybridized carbons (Fsp3) is 0.786. The van der Waals surface area contributed by atoms with Crippen LogP contribution >= 0.6 is 0 Å². The average molecular weight is 233 g/mol. The van der Waals surface area contributed by atoms with Crippen molar-refractivity contribution in [2.75, 3.05) is 6.54 Å². The van der Waals surface area contributed by atoms with Gasteiger partial charge >= 0.3 is 0 Å². The van der Waals surface area contributed by atoms with Gasteiger partial charge in [0.25, 0.3) is 0 Å². The van der Waals surface area contributed by atoms with E-state index in [0.717, 1.165) is 19.0 Å². The summed E-state index contributed by atoms with van der Waals surface area (Å²) in [5.74, 6) is 0.812. The Morgan fingerprint density at radius 1 is 1.29 bits per heavy atom. The van der Waals surface area contributed by atoms with Crippen molar-refractivity contribution in [3.8, 4) is 0 Å². The van der Waals surface area contributed by atoms with E-state index in [1.54, 1.807) is 5.69 Å². The monoisotopic (exact) mass is 233 g/mol. The molecule has 0 aliphatic heterocycles. The number of aromatic nitrogens is 2. The lowest BCUT2D eigenvalue weighted by molar-refractivity contribution is 0.449. The molecule has 0 atom stereocenters. The number of nitrogens with one attached hydrogen (secondary N) is 1. The molecule has 0 spiro atoms. The molecule has 17 heavy (non-hydrogen) atoms. The zero-order valence-corrected chi connectivity index (χ0v) is 10.8. The quantitative estimate of drug-likeness (QED) is 0.847. The smallest absolute Gasteiger partial charge is 0.0537 e. The number of hydrogen-bond acceptors (Lipinski definition) is 2. The maximum Gasteiger partial charge on any atom is 0.0537 e. The lowest BCUT2D eigenvalue weighted by atomic mass is 10.1. The average Bonchev–Trinajstić information content (AvgIpc) is 2.90. The number of rotatable bonds is 5. The summed E-state index contributed by atoms with van der Waals surface area (Å²) >= 11 is 0. The van der Waals surface area contributed by atoms with E-state index < -0.39 is 0 Å². The molecule has 2 aliphatic rings. The molecule has 2 fully saturated rings. The first kappa shape index (κ1) is 11.3. The maximum atomic E-state index is 4.69. The lowest BCUT2D eigenvalue weighted by Crippen LogP contribution is -2.15. The van der Waals surface area contributed by atoms with E-state index in [9.17, 15) is 0 Å². The van der Waals surface area contributed by atoms with Gasteiger partial charge in [0.05, 0.1) is 12.2 Å². The molecule has 3 rings (SSSR count). The molecule has 1 aromatic rings. The van der Waals surface area contributed by atoms with Crippen LogP contribution in [-0.4, -0.2) is 16.3 Å². The number of nitrogens with zero attached hydrogens (tertiary/aromatic N) is 2. The largest absolute Gasteiger partial charge is 0.313 e. The van der Waals surface area contributed by atoms with E-state index in [2.05, 4.69) is 28.2 Å². The minimum Gasteiger partial charge on any atom is -0.313 e. The van der Waals surface area contributed by atoms with Crippen LogP contribution in [0.25, 0.3) is 0 Å². The molecule has 0 amide bonds. The van der Waals surface area contributed by atoms with Crippen LogP contribution in [-0.2, 0) is 6.54 Å². The summed E-state index contributed by atoms with van der Waals surface area (Å²) in [6, 6.07) is 0.695. The van der Waals surface area contributed by atoms with E-state index in [1.807, 2.05) is 0 Å². The van der Waals surface area contributed by atoms with E-state index >= 15 is 0 Å². The van der Waals surface area contributed by atoms with Gasteiger partial charge in [-0.1, -0.05) is 19.8 Å². The van der Waals surface area contributed by atoms with Crippen molar-refractivity contribution in [3.05, 3.63) is 17.5 Å². The molecule has 1 aromatic heterocycles. The topological polar surface area (TPSA) is 29.9 Å². The molecule has 94 valence electrons. The molecule has 2 saturated carbocycles. The zero-order valence-electron chi connectivity index (χ0n) is 10.8. The van der Waals surface area contributed by atoms with Crippen LogP contribution in [0.3, 0.4) is 0 Å². The fourth-order valence-electron chi connectivity index (χ4n) is 3.05. The van der Waals surface area contributed by atoms with Gasteiger partial charge < -0.3 is 5.32 Å². The normalized spacial score (nSPS) is 21.2. The van der Waals surface area contributed by atoms with Crippen LogP contribution in [0.5, 0.6) is 0 Å². The summed E-state index contributed by atoms with van der Waals surface area (Å²) in [4.78, 5) is 0. The molecule has 0 saturated heterocycles. The van der Waals surface area contributed by atoms with Crippen molar-refractivity contribution >= 4 is 0 Å². The van der Waals surface area contributed by atoms with Crippen LogP contribution in [0.4, 0.5) is 0 Å². The van der Waals surface area contributed by atoms with Crippen LogP contribution in [0, 0.1) is 0 Å². The van der Waals surface area contributed by atoms with Crippen molar-refractivity contribution in [1.29, 1.82) is 0 Å². The first-order valence-corrected chi connectivity index (χ1v) is 7.17. The van der Waals surface area contributed by atoms with Crippen molar-refractivity contribution in [1.82, 2.24) is 15.1 Å². The highest BCUT2D eigenvalue weighted by Gasteiger charge is 2.32. The summed E-state index contributed by atoms with van der Waals surface area (Å²) in [5.41, 5.74) is 3.00. The molecular weight excluding hydrogens is 210 g/mol. The van der Waals surface area contributed by atoms with Gasteiger partial charge in [0.15, 0.2) is 0 Å². The van der Waals surface area contributed by atoms with Crippen molar-refractivity contribution in [2.24, 2.45) is 0 Å². The second-order valence-corrected chi connectivity index (χ2v) is 5.49. The molecule has 1 N–H and O–H groups in total. The van der Waals surface area contributed by atoms with Gasteiger partial charge in [-0.15, -0.1) is 0 Å². The highest BCUT2D eigenvalue weighted by molar-refractivity contribution is 5.26. The summed E-state index contributed by atoms with van der Waals surface area (Å²) < 4.78 is 2.37. The van der Waals surface area contributed by atoms with Gasteiger partial charge in [0, 0.05) is 23.7 Å². The summed E-state index contributed by atoms with van der Waals surface area (Å²) in [7, 11) is 0. The highest BCUT2D eigenvalue weighted by atomic mass is 15.3. The predicted octanol–water partition coefficient (Wildman–Crippen LogP) is 2.99. The second-order valence-electron chi connectivity index (χ2n) is 5.49. The fourth-order valence-corrected chi connectivity index (χ4v) is 3.05. The molecule has 1 heterocycles. The first-order chi connectivity index (χ1) is 8.40. The first-order valence-electron chi connectivity index (χ1n) is 7.17. The summed E-state index contributed by atoms with van der Waals surface area (Å²) in [6.07, 6.45) is 10.3. The Labute approximate surface area is 104 Å². The molecule has 0 unspecified atom stereocenters. The summed E-state index contributed by atoms with van der Waals surface area (Å²) in [6.45, 7) is 4.20. The Bertz CT molecular complexity index is 373.